The summed E-state index contributed by atoms with van der Waals surface area (Å²) >= 11 is 0. The van der Waals surface area contributed by atoms with Gasteiger partial charge in [-0.25, -0.2) is 9.59 Å². The molecule has 0 aromatic heterocycles. The van der Waals surface area contributed by atoms with Crippen molar-refractivity contribution in [2.24, 2.45) is 5.11 Å². The van der Waals surface area contributed by atoms with Crippen molar-refractivity contribution in [3.8, 4) is 0 Å². The highest BCUT2D eigenvalue weighted by molar-refractivity contribution is 5.80. The zero-order valence-corrected chi connectivity index (χ0v) is 14.9. The van der Waals surface area contributed by atoms with Crippen LogP contribution in [0.2, 0.25) is 0 Å². The van der Waals surface area contributed by atoms with Gasteiger partial charge in [0.2, 0.25) is 0 Å². The lowest BCUT2D eigenvalue weighted by Gasteiger charge is -2.21. The Balaban J connectivity index is 2.56. The van der Waals surface area contributed by atoms with Gasteiger partial charge in [0.15, 0.2) is 0 Å². The van der Waals surface area contributed by atoms with E-state index < -0.39 is 23.7 Å². The fraction of sp³-hybridized carbons (Fsp3) is 0.333. The number of nitrogens with zero attached hydrogens (tertiary/aromatic N) is 3. The minimum absolute atomic E-state index is 0.120. The Morgan fingerprint density at radius 1 is 1.31 bits per heavy atom. The molecule has 0 fully saturated rings. The molecule has 1 atom stereocenters. The Hall–Kier alpha value is -3.25. The second-order valence-electron chi connectivity index (χ2n) is 6.34. The van der Waals surface area contributed by atoms with Crippen LogP contribution in [-0.2, 0) is 9.53 Å². The molecular formula is C18H22N4O4. The SMILES string of the molecule is CC(C)(C)OC(=O)NC(CC=CC=Cc1ccc(N=[N+]=[N-])cc1)C(=O)O. The van der Waals surface area contributed by atoms with Crippen LogP contribution < -0.4 is 5.32 Å². The highest BCUT2D eigenvalue weighted by atomic mass is 16.6. The Morgan fingerprint density at radius 3 is 2.50 bits per heavy atom. The molecule has 1 unspecified atom stereocenters. The first-order valence-corrected chi connectivity index (χ1v) is 7.92. The van der Waals surface area contributed by atoms with Crippen molar-refractivity contribution in [1.29, 1.82) is 0 Å². The number of nitrogens with one attached hydrogen (secondary N) is 1. The topological polar surface area (TPSA) is 124 Å². The van der Waals surface area contributed by atoms with Crippen LogP contribution in [0.15, 0.2) is 47.6 Å². The number of carbonyl (C=O) groups excluding carboxylic acids is 1. The summed E-state index contributed by atoms with van der Waals surface area (Å²) in [7, 11) is 0. The number of carboxylic acid groups (broad SMARTS) is 1. The third-order valence-electron chi connectivity index (χ3n) is 2.95. The van der Waals surface area contributed by atoms with E-state index in [9.17, 15) is 9.59 Å². The molecule has 1 aromatic carbocycles. The lowest BCUT2D eigenvalue weighted by Crippen LogP contribution is -2.43. The highest BCUT2D eigenvalue weighted by Gasteiger charge is 2.22. The van der Waals surface area contributed by atoms with E-state index in [2.05, 4.69) is 15.3 Å². The molecule has 0 spiro atoms. The number of benzene rings is 1. The number of alkyl carbamates (subject to hydrolysis) is 1. The van der Waals surface area contributed by atoms with Crippen molar-refractivity contribution in [3.05, 3.63) is 58.5 Å². The molecule has 0 saturated carbocycles. The largest absolute Gasteiger partial charge is 0.480 e. The van der Waals surface area contributed by atoms with E-state index in [4.69, 9.17) is 15.4 Å². The molecule has 0 aliphatic rings. The molecule has 8 nitrogen and oxygen atoms in total. The van der Waals surface area contributed by atoms with Crippen molar-refractivity contribution in [2.45, 2.75) is 38.8 Å². The predicted octanol–water partition coefficient (Wildman–Crippen LogP) is 4.57. The number of hydrogen-bond acceptors (Lipinski definition) is 4. The molecule has 8 heteroatoms. The number of amides is 1. The molecule has 0 heterocycles. The average Bonchev–Trinajstić information content (AvgIpc) is 2.53. The summed E-state index contributed by atoms with van der Waals surface area (Å²) in [5.41, 5.74) is 9.07. The molecule has 26 heavy (non-hydrogen) atoms. The number of hydrogen-bond donors (Lipinski definition) is 2. The van der Waals surface area contributed by atoms with E-state index in [0.29, 0.717) is 5.69 Å². The molecule has 1 aromatic rings. The number of rotatable bonds is 7. The summed E-state index contributed by atoms with van der Waals surface area (Å²) in [6.45, 7) is 5.10. The Labute approximate surface area is 151 Å². The van der Waals surface area contributed by atoms with Gasteiger partial charge in [-0.05, 0) is 38.3 Å². The van der Waals surface area contributed by atoms with Gasteiger partial charge in [0.1, 0.15) is 11.6 Å². The fourth-order valence-electron chi connectivity index (χ4n) is 1.83. The first-order valence-electron chi connectivity index (χ1n) is 7.92. The molecule has 138 valence electrons. The van der Waals surface area contributed by atoms with Crippen molar-refractivity contribution in [3.63, 3.8) is 0 Å². The maximum absolute atomic E-state index is 11.7. The number of azide groups is 1. The lowest BCUT2D eigenvalue weighted by atomic mass is 10.1. The quantitative estimate of drug-likeness (QED) is 0.320. The van der Waals surface area contributed by atoms with Gasteiger partial charge in [0, 0.05) is 10.6 Å². The van der Waals surface area contributed by atoms with Crippen molar-refractivity contribution in [1.82, 2.24) is 5.32 Å². The minimum Gasteiger partial charge on any atom is -0.480 e. The molecule has 0 saturated heterocycles. The summed E-state index contributed by atoms with van der Waals surface area (Å²) in [6.07, 6.45) is 6.24. The molecule has 0 aliphatic carbocycles. The third-order valence-corrected chi connectivity index (χ3v) is 2.95. The molecule has 0 aliphatic heterocycles. The van der Waals surface area contributed by atoms with Gasteiger partial charge in [0.05, 0.1) is 0 Å². The van der Waals surface area contributed by atoms with Gasteiger partial charge in [-0.1, -0.05) is 53.7 Å². The monoisotopic (exact) mass is 358 g/mol. The average molecular weight is 358 g/mol. The van der Waals surface area contributed by atoms with E-state index in [1.165, 1.54) is 0 Å². The molecule has 2 N–H and O–H groups in total. The van der Waals surface area contributed by atoms with Crippen LogP contribution in [0.5, 0.6) is 0 Å². The van der Waals surface area contributed by atoms with Gasteiger partial charge in [-0.15, -0.1) is 0 Å². The summed E-state index contributed by atoms with van der Waals surface area (Å²) in [5, 5.41) is 15.0. The lowest BCUT2D eigenvalue weighted by molar-refractivity contribution is -0.139. The number of carbonyl (C=O) groups is 2. The zero-order chi connectivity index (χ0) is 19.6. The zero-order valence-electron chi connectivity index (χ0n) is 14.9. The van der Waals surface area contributed by atoms with E-state index in [1.807, 2.05) is 6.08 Å². The van der Waals surface area contributed by atoms with Gasteiger partial charge in [-0.2, -0.15) is 0 Å². The summed E-state index contributed by atoms with van der Waals surface area (Å²) < 4.78 is 5.05. The van der Waals surface area contributed by atoms with Crippen LogP contribution in [0.1, 0.15) is 32.8 Å². The minimum atomic E-state index is -1.14. The molecule has 1 rings (SSSR count). The van der Waals surface area contributed by atoms with Crippen LogP contribution in [0.25, 0.3) is 16.5 Å². The van der Waals surface area contributed by atoms with Gasteiger partial charge < -0.3 is 15.2 Å². The van der Waals surface area contributed by atoms with Crippen LogP contribution >= 0.6 is 0 Å². The second kappa shape index (κ2) is 9.90. The van der Waals surface area contributed by atoms with Crippen molar-refractivity contribution < 1.29 is 19.4 Å². The first-order chi connectivity index (χ1) is 12.2. The Bertz CT molecular complexity index is 727. The van der Waals surface area contributed by atoms with Crippen LogP contribution in [0.4, 0.5) is 10.5 Å². The standard InChI is InChI=1S/C18H22N4O4/c1-18(2,3)26-17(25)20-15(16(23)24)8-6-4-5-7-13-9-11-14(12-10-13)21-22-19/h4-7,9-12,15H,8H2,1-3H3,(H,20,25)(H,23,24). The second-order valence-corrected chi connectivity index (χ2v) is 6.34. The molecular weight excluding hydrogens is 336 g/mol. The Kier molecular flexibility index (Phi) is 7.92. The molecule has 1 amide bonds. The van der Waals surface area contributed by atoms with Gasteiger partial charge in [-0.3, -0.25) is 0 Å². The Morgan fingerprint density at radius 2 is 1.96 bits per heavy atom. The van der Waals surface area contributed by atoms with E-state index in [1.54, 1.807) is 63.3 Å². The molecule has 0 bridgehead atoms. The van der Waals surface area contributed by atoms with Gasteiger partial charge >= 0.3 is 12.1 Å². The first kappa shape index (κ1) is 20.8. The smallest absolute Gasteiger partial charge is 0.408 e. The maximum atomic E-state index is 11.7. The maximum Gasteiger partial charge on any atom is 0.408 e. The number of allylic oxidation sites excluding steroid dienone is 2. The number of ether oxygens (including phenoxy) is 1. The van der Waals surface area contributed by atoms with E-state index >= 15 is 0 Å². The number of carboxylic acids is 1. The van der Waals surface area contributed by atoms with Crippen molar-refractivity contribution >= 4 is 23.8 Å². The fourth-order valence-corrected chi connectivity index (χ4v) is 1.83. The van der Waals surface area contributed by atoms with E-state index in [0.717, 1.165) is 5.56 Å². The summed E-state index contributed by atoms with van der Waals surface area (Å²) in [6, 6.07) is 5.89. The molecule has 0 radical (unpaired) electrons. The van der Waals surface area contributed by atoms with Crippen LogP contribution in [0, 0.1) is 0 Å². The van der Waals surface area contributed by atoms with Crippen molar-refractivity contribution in [2.75, 3.05) is 0 Å². The highest BCUT2D eigenvalue weighted by Crippen LogP contribution is 2.14. The predicted molar refractivity (Wildman–Crippen MR) is 98.8 cm³/mol. The summed E-state index contributed by atoms with van der Waals surface area (Å²) in [5.74, 6) is -1.14. The van der Waals surface area contributed by atoms with E-state index in [-0.39, 0.29) is 6.42 Å². The normalized spacial score (nSPS) is 12.6. The van der Waals surface area contributed by atoms with Crippen LogP contribution in [0.3, 0.4) is 0 Å². The van der Waals surface area contributed by atoms with Gasteiger partial charge in [0.25, 0.3) is 0 Å². The third kappa shape index (κ3) is 8.56. The van der Waals surface area contributed by atoms with Crippen LogP contribution in [-0.4, -0.2) is 28.8 Å². The summed E-state index contributed by atoms with van der Waals surface area (Å²) in [4.78, 5) is 25.6. The number of aliphatic carboxylic acids is 1.